The third kappa shape index (κ3) is 3.65. The number of ether oxygens (including phenoxy) is 1. The molecule has 1 aromatic rings. The molecule has 0 aromatic heterocycles. The highest BCUT2D eigenvalue weighted by Crippen LogP contribution is 2.32. The van der Waals surface area contributed by atoms with Crippen molar-refractivity contribution in [2.45, 2.75) is 37.8 Å². The summed E-state index contributed by atoms with van der Waals surface area (Å²) in [4.78, 5) is 14.5. The van der Waals surface area contributed by atoms with E-state index in [9.17, 15) is 14.3 Å². The zero-order valence-electron chi connectivity index (χ0n) is 12.6. The highest BCUT2D eigenvalue weighted by atomic mass is 19.1. The van der Waals surface area contributed by atoms with Gasteiger partial charge in [-0.1, -0.05) is 12.1 Å². The van der Waals surface area contributed by atoms with Crippen LogP contribution in [0.4, 0.5) is 4.39 Å². The monoisotopic (exact) mass is 307 g/mol. The van der Waals surface area contributed by atoms with E-state index in [0.29, 0.717) is 18.8 Å². The second-order valence-corrected chi connectivity index (χ2v) is 6.18. The number of amides is 1. The molecule has 1 aromatic carbocycles. The Labute approximate surface area is 129 Å². The van der Waals surface area contributed by atoms with Gasteiger partial charge in [0.25, 0.3) is 0 Å². The van der Waals surface area contributed by atoms with Crippen LogP contribution in [0.15, 0.2) is 24.3 Å². The Balaban J connectivity index is 1.66. The number of hydrogen-bond donors (Lipinski definition) is 1. The number of nitrogens with zero attached hydrogens (tertiary/aromatic N) is 1. The molecule has 1 N–H and O–H groups in total. The number of hydrogen-bond acceptors (Lipinski definition) is 3. The third-order valence-electron chi connectivity index (χ3n) is 4.47. The topological polar surface area (TPSA) is 49.8 Å². The number of carbonyl (C=O) groups is 1. The lowest BCUT2D eigenvalue weighted by Gasteiger charge is -2.31. The van der Waals surface area contributed by atoms with E-state index in [1.807, 2.05) is 4.90 Å². The molecule has 120 valence electrons. The smallest absolute Gasteiger partial charge is 0.226 e. The van der Waals surface area contributed by atoms with Gasteiger partial charge in [0.15, 0.2) is 0 Å². The molecule has 5 heteroatoms. The van der Waals surface area contributed by atoms with Crippen LogP contribution in [0.2, 0.25) is 0 Å². The molecule has 0 bridgehead atoms. The largest absolute Gasteiger partial charge is 0.387 e. The normalized spacial score (nSPS) is 20.6. The molecule has 3 rings (SSSR count). The molecule has 22 heavy (non-hydrogen) atoms. The molecule has 1 unspecified atom stereocenters. The van der Waals surface area contributed by atoms with Crippen LogP contribution in [0.1, 0.15) is 37.4 Å². The predicted octanol–water partition coefficient (Wildman–Crippen LogP) is 2.28. The van der Waals surface area contributed by atoms with E-state index < -0.39 is 6.10 Å². The summed E-state index contributed by atoms with van der Waals surface area (Å²) in [7, 11) is 0. The Hall–Kier alpha value is -1.46. The summed E-state index contributed by atoms with van der Waals surface area (Å²) < 4.78 is 18.3. The summed E-state index contributed by atoms with van der Waals surface area (Å²) in [6, 6.07) is 6.07. The summed E-state index contributed by atoms with van der Waals surface area (Å²) in [6.45, 7) is 1.55. The van der Waals surface area contributed by atoms with Crippen LogP contribution in [0.25, 0.3) is 0 Å². The highest BCUT2D eigenvalue weighted by Gasteiger charge is 2.37. The summed E-state index contributed by atoms with van der Waals surface area (Å²) in [5.74, 6) is -0.185. The van der Waals surface area contributed by atoms with Gasteiger partial charge in [0.1, 0.15) is 5.82 Å². The maximum Gasteiger partial charge on any atom is 0.226 e. The van der Waals surface area contributed by atoms with Crippen molar-refractivity contribution in [1.29, 1.82) is 0 Å². The van der Waals surface area contributed by atoms with Crippen molar-refractivity contribution in [2.75, 3.05) is 19.8 Å². The van der Waals surface area contributed by atoms with Gasteiger partial charge in [0.2, 0.25) is 5.91 Å². The van der Waals surface area contributed by atoms with Crippen molar-refractivity contribution < 1.29 is 19.0 Å². The predicted molar refractivity (Wildman–Crippen MR) is 79.6 cm³/mol. The average molecular weight is 307 g/mol. The number of aliphatic hydroxyl groups is 1. The molecular weight excluding hydrogens is 285 g/mol. The van der Waals surface area contributed by atoms with Crippen molar-refractivity contribution in [3.63, 3.8) is 0 Å². The van der Waals surface area contributed by atoms with E-state index in [1.165, 1.54) is 12.1 Å². The molecule has 2 fully saturated rings. The van der Waals surface area contributed by atoms with Gasteiger partial charge < -0.3 is 14.7 Å². The van der Waals surface area contributed by atoms with E-state index in [-0.39, 0.29) is 30.2 Å². The molecule has 1 aliphatic carbocycles. The first kappa shape index (κ1) is 15.4. The van der Waals surface area contributed by atoms with E-state index in [0.717, 1.165) is 25.7 Å². The molecule has 0 radical (unpaired) electrons. The standard InChI is InChI=1S/C17H22FNO3/c18-14-3-1-12(2-4-14)16(20)11-19(15-5-6-15)17(21)13-7-9-22-10-8-13/h1-4,13,15-16,20H,5-11H2. The number of aliphatic hydroxyl groups excluding tert-OH is 1. The van der Waals surface area contributed by atoms with Crippen LogP contribution in [0.3, 0.4) is 0 Å². The first-order chi connectivity index (χ1) is 10.6. The minimum atomic E-state index is -0.773. The lowest BCUT2D eigenvalue weighted by Crippen LogP contribution is -2.42. The fraction of sp³-hybridized carbons (Fsp3) is 0.588. The first-order valence-corrected chi connectivity index (χ1v) is 7.97. The van der Waals surface area contributed by atoms with E-state index in [1.54, 1.807) is 12.1 Å². The Morgan fingerprint density at radius 1 is 1.23 bits per heavy atom. The van der Waals surface area contributed by atoms with E-state index >= 15 is 0 Å². The second kappa shape index (κ2) is 6.75. The zero-order chi connectivity index (χ0) is 15.5. The van der Waals surface area contributed by atoms with Crippen molar-refractivity contribution in [1.82, 2.24) is 4.90 Å². The van der Waals surface area contributed by atoms with Gasteiger partial charge in [-0.05, 0) is 43.4 Å². The number of benzene rings is 1. The molecule has 2 aliphatic rings. The van der Waals surface area contributed by atoms with Crippen LogP contribution >= 0.6 is 0 Å². The van der Waals surface area contributed by atoms with Crippen LogP contribution in [0, 0.1) is 11.7 Å². The zero-order valence-corrected chi connectivity index (χ0v) is 12.6. The number of halogens is 1. The molecule has 0 spiro atoms. The van der Waals surface area contributed by atoms with Gasteiger partial charge in [0.05, 0.1) is 12.6 Å². The van der Waals surface area contributed by atoms with Gasteiger partial charge in [-0.2, -0.15) is 0 Å². The molecular formula is C17H22FNO3. The van der Waals surface area contributed by atoms with Gasteiger partial charge in [-0.25, -0.2) is 4.39 Å². The fourth-order valence-corrected chi connectivity index (χ4v) is 2.96. The summed E-state index contributed by atoms with van der Waals surface area (Å²) in [5.41, 5.74) is 0.645. The van der Waals surface area contributed by atoms with E-state index in [2.05, 4.69) is 0 Å². The highest BCUT2D eigenvalue weighted by molar-refractivity contribution is 5.79. The lowest BCUT2D eigenvalue weighted by atomic mass is 9.98. The van der Waals surface area contributed by atoms with E-state index in [4.69, 9.17) is 4.74 Å². The van der Waals surface area contributed by atoms with Crippen LogP contribution < -0.4 is 0 Å². The first-order valence-electron chi connectivity index (χ1n) is 7.97. The van der Waals surface area contributed by atoms with Crippen LogP contribution in [-0.4, -0.2) is 41.7 Å². The Morgan fingerprint density at radius 2 is 1.86 bits per heavy atom. The maximum atomic E-state index is 13.0. The third-order valence-corrected chi connectivity index (χ3v) is 4.47. The van der Waals surface area contributed by atoms with Crippen molar-refractivity contribution in [3.8, 4) is 0 Å². The quantitative estimate of drug-likeness (QED) is 0.908. The van der Waals surface area contributed by atoms with Crippen LogP contribution in [-0.2, 0) is 9.53 Å². The van der Waals surface area contributed by atoms with Gasteiger partial charge in [0, 0.05) is 25.2 Å². The van der Waals surface area contributed by atoms with Crippen molar-refractivity contribution in [3.05, 3.63) is 35.6 Å². The Morgan fingerprint density at radius 3 is 2.45 bits per heavy atom. The van der Waals surface area contributed by atoms with Crippen molar-refractivity contribution >= 4 is 5.91 Å². The molecule has 1 atom stereocenters. The maximum absolute atomic E-state index is 13.0. The minimum absolute atomic E-state index is 0.00904. The van der Waals surface area contributed by atoms with Gasteiger partial charge >= 0.3 is 0 Å². The number of rotatable bonds is 5. The molecule has 4 nitrogen and oxygen atoms in total. The number of carbonyl (C=O) groups excluding carboxylic acids is 1. The fourth-order valence-electron chi connectivity index (χ4n) is 2.96. The Bertz CT molecular complexity index is 509. The molecule has 1 saturated carbocycles. The lowest BCUT2D eigenvalue weighted by molar-refractivity contribution is -0.140. The van der Waals surface area contributed by atoms with Crippen LogP contribution in [0.5, 0.6) is 0 Å². The average Bonchev–Trinajstić information content (AvgIpc) is 3.38. The van der Waals surface area contributed by atoms with Gasteiger partial charge in [-0.3, -0.25) is 4.79 Å². The molecule has 1 amide bonds. The Kier molecular flexibility index (Phi) is 4.74. The summed E-state index contributed by atoms with van der Waals surface area (Å²) >= 11 is 0. The molecule has 1 heterocycles. The summed E-state index contributed by atoms with van der Waals surface area (Å²) in [6.07, 6.45) is 2.75. The SMILES string of the molecule is O=C(C1CCOCC1)N(CC(O)c1ccc(F)cc1)C1CC1. The summed E-state index contributed by atoms with van der Waals surface area (Å²) in [5, 5.41) is 10.4. The molecule has 1 saturated heterocycles. The molecule has 1 aliphatic heterocycles. The minimum Gasteiger partial charge on any atom is -0.387 e. The van der Waals surface area contributed by atoms with Crippen molar-refractivity contribution in [2.24, 2.45) is 5.92 Å². The van der Waals surface area contributed by atoms with Gasteiger partial charge in [-0.15, -0.1) is 0 Å². The second-order valence-electron chi connectivity index (χ2n) is 6.18.